The molecule has 0 N–H and O–H groups in total. The zero-order valence-corrected chi connectivity index (χ0v) is 19.8. The SMILES string of the molecule is Cc1ccc(Cl)cc1N1CCN(CC2C(=O)OC3CC4(C)CCCC(C)C4=CC32)CC1. The van der Waals surface area contributed by atoms with Crippen LogP contribution in [-0.2, 0) is 9.53 Å². The second-order valence-electron chi connectivity index (χ2n) is 10.6. The molecule has 0 bridgehead atoms. The number of rotatable bonds is 3. The molecule has 0 amide bonds. The van der Waals surface area contributed by atoms with E-state index in [-0.39, 0.29) is 29.3 Å². The van der Waals surface area contributed by atoms with Crippen LogP contribution in [0.4, 0.5) is 5.69 Å². The van der Waals surface area contributed by atoms with Gasteiger partial charge in [-0.3, -0.25) is 9.69 Å². The van der Waals surface area contributed by atoms with Gasteiger partial charge in [-0.1, -0.05) is 49.6 Å². The molecule has 168 valence electrons. The van der Waals surface area contributed by atoms with E-state index in [2.05, 4.69) is 48.8 Å². The molecule has 2 aliphatic carbocycles. The Balaban J connectivity index is 1.27. The van der Waals surface area contributed by atoms with Crippen molar-refractivity contribution >= 4 is 23.3 Å². The van der Waals surface area contributed by atoms with Gasteiger partial charge in [-0.25, -0.2) is 0 Å². The predicted octanol–water partition coefficient (Wildman–Crippen LogP) is 5.08. The van der Waals surface area contributed by atoms with Gasteiger partial charge in [-0.05, 0) is 55.2 Å². The molecular formula is C26H35ClN2O2. The van der Waals surface area contributed by atoms with Gasteiger partial charge in [-0.2, -0.15) is 0 Å². The number of fused-ring (bicyclic) bond motifs is 2. The zero-order chi connectivity index (χ0) is 21.8. The molecule has 0 spiro atoms. The van der Waals surface area contributed by atoms with Crippen LogP contribution in [0.15, 0.2) is 29.8 Å². The van der Waals surface area contributed by atoms with Crippen molar-refractivity contribution in [2.75, 3.05) is 37.6 Å². The number of aryl methyl sites for hydroxylation is 1. The number of piperazine rings is 1. The van der Waals surface area contributed by atoms with Crippen molar-refractivity contribution in [3.05, 3.63) is 40.4 Å². The molecule has 5 heteroatoms. The Kier molecular flexibility index (Phi) is 5.58. The normalized spacial score (nSPS) is 35.9. The van der Waals surface area contributed by atoms with Crippen molar-refractivity contribution in [1.82, 2.24) is 4.90 Å². The van der Waals surface area contributed by atoms with Crippen molar-refractivity contribution in [1.29, 1.82) is 0 Å². The number of hydrogen-bond donors (Lipinski definition) is 0. The third-order valence-electron chi connectivity index (χ3n) is 8.42. The first-order valence-electron chi connectivity index (χ1n) is 12.0. The largest absolute Gasteiger partial charge is 0.461 e. The van der Waals surface area contributed by atoms with Crippen LogP contribution in [0.1, 0.15) is 45.1 Å². The maximum Gasteiger partial charge on any atom is 0.311 e. The lowest BCUT2D eigenvalue weighted by Gasteiger charge is -2.46. The number of benzene rings is 1. The summed E-state index contributed by atoms with van der Waals surface area (Å²) in [4.78, 5) is 17.8. The Morgan fingerprint density at radius 1 is 1.23 bits per heavy atom. The lowest BCUT2D eigenvalue weighted by atomic mass is 9.59. The number of carbonyl (C=O) groups is 1. The van der Waals surface area contributed by atoms with Crippen molar-refractivity contribution in [2.24, 2.45) is 23.2 Å². The molecule has 5 unspecified atom stereocenters. The average molecular weight is 443 g/mol. The van der Waals surface area contributed by atoms with Crippen molar-refractivity contribution in [2.45, 2.75) is 52.6 Å². The smallest absolute Gasteiger partial charge is 0.311 e. The fourth-order valence-corrected chi connectivity index (χ4v) is 6.80. The number of allylic oxidation sites excluding steroid dienone is 1. The van der Waals surface area contributed by atoms with E-state index in [4.69, 9.17) is 16.3 Å². The van der Waals surface area contributed by atoms with Gasteiger partial charge in [0.2, 0.25) is 0 Å². The zero-order valence-electron chi connectivity index (χ0n) is 19.1. The molecule has 4 aliphatic rings. The highest BCUT2D eigenvalue weighted by Gasteiger charge is 2.52. The minimum Gasteiger partial charge on any atom is -0.461 e. The standard InChI is InChI=1S/C26H35ClN2O2/c1-17-5-4-8-26(3)15-24-20(14-22(17)26)21(25(30)31-24)16-28-9-11-29(12-10-28)23-13-19(27)7-6-18(23)2/h6-7,13-14,17,20-21,24H,4-5,8-12,15-16H2,1-3H3. The molecule has 5 atom stereocenters. The molecule has 0 radical (unpaired) electrons. The van der Waals surface area contributed by atoms with E-state index in [1.807, 2.05) is 6.07 Å². The molecule has 5 rings (SSSR count). The van der Waals surface area contributed by atoms with Crippen LogP contribution in [0.25, 0.3) is 0 Å². The number of anilines is 1. The van der Waals surface area contributed by atoms with Gasteiger partial charge in [0.15, 0.2) is 0 Å². The van der Waals surface area contributed by atoms with E-state index in [1.54, 1.807) is 5.57 Å². The molecule has 1 aromatic carbocycles. The first-order valence-corrected chi connectivity index (χ1v) is 12.4. The maximum atomic E-state index is 12.9. The highest BCUT2D eigenvalue weighted by atomic mass is 35.5. The number of hydrogen-bond acceptors (Lipinski definition) is 4. The van der Waals surface area contributed by atoms with Gasteiger partial charge >= 0.3 is 5.97 Å². The molecule has 2 saturated heterocycles. The van der Waals surface area contributed by atoms with Crippen molar-refractivity contribution in [3.63, 3.8) is 0 Å². The molecule has 1 aromatic rings. The summed E-state index contributed by atoms with van der Waals surface area (Å²) in [6.45, 7) is 11.6. The Bertz CT molecular complexity index is 891. The van der Waals surface area contributed by atoms with Crippen LogP contribution in [0.3, 0.4) is 0 Å². The molecule has 2 aliphatic heterocycles. The first-order chi connectivity index (χ1) is 14.8. The highest BCUT2D eigenvalue weighted by Crippen LogP contribution is 2.54. The van der Waals surface area contributed by atoms with Gasteiger partial charge < -0.3 is 9.64 Å². The number of ether oxygens (including phenoxy) is 1. The summed E-state index contributed by atoms with van der Waals surface area (Å²) in [7, 11) is 0. The van der Waals surface area contributed by atoms with E-state index >= 15 is 0 Å². The van der Waals surface area contributed by atoms with E-state index in [9.17, 15) is 4.79 Å². The lowest BCUT2D eigenvalue weighted by molar-refractivity contribution is -0.145. The molecule has 0 aromatic heterocycles. The van der Waals surface area contributed by atoms with Gasteiger partial charge in [0.25, 0.3) is 0 Å². The van der Waals surface area contributed by atoms with Crippen LogP contribution in [0, 0.1) is 30.1 Å². The Labute approximate surface area is 191 Å². The van der Waals surface area contributed by atoms with Crippen molar-refractivity contribution in [3.8, 4) is 0 Å². The minimum atomic E-state index is -0.0179. The fourth-order valence-electron chi connectivity index (χ4n) is 6.63. The van der Waals surface area contributed by atoms with Crippen LogP contribution in [-0.4, -0.2) is 49.7 Å². The summed E-state index contributed by atoms with van der Waals surface area (Å²) in [6.07, 6.45) is 7.37. The fraction of sp³-hybridized carbons (Fsp3) is 0.654. The number of nitrogens with zero attached hydrogens (tertiary/aromatic N) is 2. The second-order valence-corrected chi connectivity index (χ2v) is 11.0. The Morgan fingerprint density at radius 2 is 2.00 bits per heavy atom. The Morgan fingerprint density at radius 3 is 2.77 bits per heavy atom. The van der Waals surface area contributed by atoms with Gasteiger partial charge in [0.1, 0.15) is 6.10 Å². The van der Waals surface area contributed by atoms with Crippen LogP contribution in [0.2, 0.25) is 5.02 Å². The number of carbonyl (C=O) groups excluding carboxylic acids is 1. The molecule has 31 heavy (non-hydrogen) atoms. The maximum absolute atomic E-state index is 12.9. The van der Waals surface area contributed by atoms with E-state index in [0.29, 0.717) is 5.92 Å². The third-order valence-corrected chi connectivity index (χ3v) is 8.66. The monoisotopic (exact) mass is 442 g/mol. The summed E-state index contributed by atoms with van der Waals surface area (Å²) >= 11 is 6.23. The molecule has 4 nitrogen and oxygen atoms in total. The van der Waals surface area contributed by atoms with Gasteiger partial charge in [0, 0.05) is 49.4 Å². The summed E-state index contributed by atoms with van der Waals surface area (Å²) < 4.78 is 5.95. The number of halogens is 1. The number of esters is 1. The average Bonchev–Trinajstić information content (AvgIpc) is 3.02. The summed E-state index contributed by atoms with van der Waals surface area (Å²) in [5.74, 6) is 0.898. The topological polar surface area (TPSA) is 32.8 Å². The van der Waals surface area contributed by atoms with Gasteiger partial charge in [-0.15, -0.1) is 0 Å². The van der Waals surface area contributed by atoms with Crippen LogP contribution >= 0.6 is 11.6 Å². The Hall–Kier alpha value is -1.52. The molecular weight excluding hydrogens is 408 g/mol. The van der Waals surface area contributed by atoms with E-state index < -0.39 is 0 Å². The predicted molar refractivity (Wildman–Crippen MR) is 126 cm³/mol. The van der Waals surface area contributed by atoms with Crippen LogP contribution < -0.4 is 4.90 Å². The van der Waals surface area contributed by atoms with Gasteiger partial charge in [0.05, 0.1) is 5.92 Å². The quantitative estimate of drug-likeness (QED) is 0.482. The van der Waals surface area contributed by atoms with E-state index in [0.717, 1.165) is 44.2 Å². The second kappa shape index (κ2) is 8.12. The molecule has 2 heterocycles. The first kappa shape index (κ1) is 21.3. The van der Waals surface area contributed by atoms with Crippen molar-refractivity contribution < 1.29 is 9.53 Å². The molecule has 1 saturated carbocycles. The third kappa shape index (κ3) is 3.91. The lowest BCUT2D eigenvalue weighted by Crippen LogP contribution is -2.49. The highest BCUT2D eigenvalue weighted by molar-refractivity contribution is 6.30. The summed E-state index contributed by atoms with van der Waals surface area (Å²) in [5.41, 5.74) is 4.33. The summed E-state index contributed by atoms with van der Waals surface area (Å²) in [6, 6.07) is 6.12. The summed E-state index contributed by atoms with van der Waals surface area (Å²) in [5, 5.41) is 0.789. The minimum absolute atomic E-state index is 0.0179. The van der Waals surface area contributed by atoms with E-state index in [1.165, 1.54) is 30.5 Å². The van der Waals surface area contributed by atoms with Crippen LogP contribution in [0.5, 0.6) is 0 Å². The molecule has 3 fully saturated rings.